The molecule has 0 aliphatic heterocycles. The molecule has 26 heavy (non-hydrogen) atoms. The van der Waals surface area contributed by atoms with E-state index in [-0.39, 0.29) is 23.2 Å². The Balaban J connectivity index is 2.17. The summed E-state index contributed by atoms with van der Waals surface area (Å²) in [6, 6.07) is 9.82. The van der Waals surface area contributed by atoms with Gasteiger partial charge in [-0.05, 0) is 43.7 Å². The number of hydrogen-bond acceptors (Lipinski definition) is 5. The molecule has 2 rings (SSSR count). The molecule has 0 aliphatic carbocycles. The Hall–Kier alpha value is -2.52. The molecular formula is C17H20FN3O4S. The third-order valence-electron chi connectivity index (χ3n) is 3.98. The van der Waals surface area contributed by atoms with E-state index in [1.807, 2.05) is 0 Å². The lowest BCUT2D eigenvalue weighted by molar-refractivity contribution is -0.386. The first-order valence-electron chi connectivity index (χ1n) is 7.88. The molecule has 0 heterocycles. The van der Waals surface area contributed by atoms with Crippen LogP contribution in [0.25, 0.3) is 0 Å². The van der Waals surface area contributed by atoms with E-state index >= 15 is 0 Å². The van der Waals surface area contributed by atoms with Gasteiger partial charge < -0.3 is 5.32 Å². The SMILES string of the molecule is CC(C)N(C)S(=O)(=O)c1ccc(CNc2cccc(F)c2[N+](=O)[O-])cc1. The molecule has 0 radical (unpaired) electrons. The van der Waals surface area contributed by atoms with Gasteiger partial charge in [0, 0.05) is 19.6 Å². The summed E-state index contributed by atoms with van der Waals surface area (Å²) < 4.78 is 39.7. The Morgan fingerprint density at radius 2 is 1.81 bits per heavy atom. The zero-order valence-corrected chi connectivity index (χ0v) is 15.5. The van der Waals surface area contributed by atoms with Crippen molar-refractivity contribution in [1.82, 2.24) is 4.31 Å². The van der Waals surface area contributed by atoms with Crippen LogP contribution in [0.5, 0.6) is 0 Å². The molecule has 0 saturated carbocycles. The number of nitro benzene ring substituents is 1. The number of para-hydroxylation sites is 1. The molecule has 0 aliphatic rings. The first kappa shape index (κ1) is 19.8. The van der Waals surface area contributed by atoms with Crippen molar-refractivity contribution in [3.05, 3.63) is 64.0 Å². The van der Waals surface area contributed by atoms with Crippen LogP contribution in [0.4, 0.5) is 15.8 Å². The molecule has 0 spiro atoms. The molecule has 1 N–H and O–H groups in total. The second kappa shape index (κ2) is 7.79. The third kappa shape index (κ3) is 4.17. The van der Waals surface area contributed by atoms with E-state index in [4.69, 9.17) is 0 Å². The van der Waals surface area contributed by atoms with Crippen molar-refractivity contribution in [2.45, 2.75) is 31.3 Å². The van der Waals surface area contributed by atoms with E-state index in [2.05, 4.69) is 5.32 Å². The summed E-state index contributed by atoms with van der Waals surface area (Å²) >= 11 is 0. The molecule has 2 aromatic rings. The lowest BCUT2D eigenvalue weighted by Crippen LogP contribution is -2.33. The van der Waals surface area contributed by atoms with Gasteiger partial charge in [-0.2, -0.15) is 8.70 Å². The van der Waals surface area contributed by atoms with Gasteiger partial charge in [0.2, 0.25) is 15.8 Å². The number of rotatable bonds is 7. The van der Waals surface area contributed by atoms with E-state index in [1.54, 1.807) is 26.0 Å². The van der Waals surface area contributed by atoms with Crippen LogP contribution in [0.2, 0.25) is 0 Å². The fraction of sp³-hybridized carbons (Fsp3) is 0.294. The maximum absolute atomic E-state index is 13.6. The summed E-state index contributed by atoms with van der Waals surface area (Å²) in [5.41, 5.74) is 0.145. The lowest BCUT2D eigenvalue weighted by atomic mass is 10.2. The predicted molar refractivity (Wildman–Crippen MR) is 96.9 cm³/mol. The molecule has 0 fully saturated rings. The van der Waals surface area contributed by atoms with Crippen molar-refractivity contribution >= 4 is 21.4 Å². The largest absolute Gasteiger partial charge is 0.375 e. The van der Waals surface area contributed by atoms with Crippen molar-refractivity contribution in [3.63, 3.8) is 0 Å². The van der Waals surface area contributed by atoms with E-state index in [0.717, 1.165) is 6.07 Å². The first-order valence-corrected chi connectivity index (χ1v) is 9.32. The minimum atomic E-state index is -3.57. The maximum Gasteiger partial charge on any atom is 0.327 e. The van der Waals surface area contributed by atoms with Gasteiger partial charge in [0.1, 0.15) is 5.69 Å². The van der Waals surface area contributed by atoms with E-state index < -0.39 is 26.5 Å². The maximum atomic E-state index is 13.6. The molecule has 9 heteroatoms. The molecule has 0 unspecified atom stereocenters. The van der Waals surface area contributed by atoms with Gasteiger partial charge in [0.05, 0.1) is 9.82 Å². The number of anilines is 1. The second-order valence-corrected chi connectivity index (χ2v) is 8.00. The number of sulfonamides is 1. The number of hydrogen-bond donors (Lipinski definition) is 1. The Kier molecular flexibility index (Phi) is 5.94. The van der Waals surface area contributed by atoms with E-state index in [0.29, 0.717) is 5.56 Å². The summed E-state index contributed by atoms with van der Waals surface area (Å²) in [7, 11) is -2.06. The van der Waals surface area contributed by atoms with Crippen LogP contribution in [-0.2, 0) is 16.6 Å². The zero-order chi connectivity index (χ0) is 19.5. The summed E-state index contributed by atoms with van der Waals surface area (Å²) in [5.74, 6) is -0.918. The van der Waals surface area contributed by atoms with Crippen LogP contribution in [-0.4, -0.2) is 30.7 Å². The fourth-order valence-corrected chi connectivity index (χ4v) is 3.63. The summed E-state index contributed by atoms with van der Waals surface area (Å²) in [5, 5.41) is 13.8. The smallest absolute Gasteiger partial charge is 0.327 e. The molecular weight excluding hydrogens is 361 g/mol. The molecule has 7 nitrogen and oxygen atoms in total. The highest BCUT2D eigenvalue weighted by Gasteiger charge is 2.23. The Morgan fingerprint density at radius 3 is 2.35 bits per heavy atom. The van der Waals surface area contributed by atoms with Gasteiger partial charge in [-0.1, -0.05) is 18.2 Å². The van der Waals surface area contributed by atoms with Gasteiger partial charge >= 0.3 is 5.69 Å². The standard InChI is InChI=1S/C17H20FN3O4S/c1-12(2)20(3)26(24,25)14-9-7-13(8-10-14)11-19-16-6-4-5-15(18)17(16)21(22)23/h4-10,12,19H,11H2,1-3H3. The highest BCUT2D eigenvalue weighted by atomic mass is 32.2. The van der Waals surface area contributed by atoms with Crippen LogP contribution in [0, 0.1) is 15.9 Å². The summed E-state index contributed by atoms with van der Waals surface area (Å²) in [4.78, 5) is 10.4. The molecule has 0 atom stereocenters. The van der Waals surface area contributed by atoms with Crippen LogP contribution < -0.4 is 5.32 Å². The van der Waals surface area contributed by atoms with Crippen molar-refractivity contribution in [3.8, 4) is 0 Å². The Morgan fingerprint density at radius 1 is 1.19 bits per heavy atom. The van der Waals surface area contributed by atoms with E-state index in [9.17, 15) is 22.9 Å². The summed E-state index contributed by atoms with van der Waals surface area (Å²) in [6.45, 7) is 3.74. The van der Waals surface area contributed by atoms with Gasteiger partial charge in [0.25, 0.3) is 0 Å². The van der Waals surface area contributed by atoms with E-state index in [1.165, 1.54) is 35.6 Å². The number of benzene rings is 2. The van der Waals surface area contributed by atoms with Crippen molar-refractivity contribution in [2.75, 3.05) is 12.4 Å². The minimum absolute atomic E-state index is 0.0613. The third-order valence-corrected chi connectivity index (χ3v) is 6.03. The Bertz CT molecular complexity index is 899. The fourth-order valence-electron chi connectivity index (χ4n) is 2.26. The second-order valence-electron chi connectivity index (χ2n) is 6.01. The quantitative estimate of drug-likeness (QED) is 0.586. The molecule has 0 saturated heterocycles. The minimum Gasteiger partial charge on any atom is -0.375 e. The average Bonchev–Trinajstić information content (AvgIpc) is 2.59. The average molecular weight is 381 g/mol. The van der Waals surface area contributed by atoms with Crippen molar-refractivity contribution in [1.29, 1.82) is 0 Å². The van der Waals surface area contributed by atoms with Gasteiger partial charge in [0.15, 0.2) is 0 Å². The monoisotopic (exact) mass is 381 g/mol. The molecule has 2 aromatic carbocycles. The number of nitro groups is 1. The van der Waals surface area contributed by atoms with Crippen LogP contribution >= 0.6 is 0 Å². The van der Waals surface area contributed by atoms with Crippen LogP contribution in [0.1, 0.15) is 19.4 Å². The topological polar surface area (TPSA) is 92.6 Å². The molecule has 0 bridgehead atoms. The number of nitrogens with one attached hydrogen (secondary N) is 1. The highest BCUT2D eigenvalue weighted by Crippen LogP contribution is 2.27. The van der Waals surface area contributed by atoms with Crippen molar-refractivity contribution in [2.24, 2.45) is 0 Å². The number of nitrogens with zero attached hydrogens (tertiary/aromatic N) is 2. The number of halogens is 1. The Labute approximate surface area is 151 Å². The van der Waals surface area contributed by atoms with Crippen LogP contribution in [0.3, 0.4) is 0 Å². The normalized spacial score (nSPS) is 11.8. The zero-order valence-electron chi connectivity index (χ0n) is 14.6. The molecule has 0 amide bonds. The predicted octanol–water partition coefficient (Wildman–Crippen LogP) is 3.37. The van der Waals surface area contributed by atoms with Crippen LogP contribution in [0.15, 0.2) is 47.4 Å². The summed E-state index contributed by atoms with van der Waals surface area (Å²) in [6.07, 6.45) is 0. The first-order chi connectivity index (χ1) is 12.1. The van der Waals surface area contributed by atoms with Gasteiger partial charge in [-0.3, -0.25) is 10.1 Å². The highest BCUT2D eigenvalue weighted by molar-refractivity contribution is 7.89. The van der Waals surface area contributed by atoms with Gasteiger partial charge in [-0.25, -0.2) is 8.42 Å². The van der Waals surface area contributed by atoms with Crippen molar-refractivity contribution < 1.29 is 17.7 Å². The molecule has 140 valence electrons. The lowest BCUT2D eigenvalue weighted by Gasteiger charge is -2.21. The van der Waals surface area contributed by atoms with Gasteiger partial charge in [-0.15, -0.1) is 0 Å². The molecule has 0 aromatic heterocycles.